The highest BCUT2D eigenvalue weighted by Gasteiger charge is 2.55. The molecule has 6 atom stereocenters. The molecule has 0 bridgehead atoms. The highest BCUT2D eigenvalue weighted by atomic mass is 16.2. The molecule has 1 nitrogen and oxygen atoms in total. The first kappa shape index (κ1) is 16.8. The molecule has 0 saturated heterocycles. The van der Waals surface area contributed by atoms with Crippen molar-refractivity contribution in [3.8, 4) is 0 Å². The van der Waals surface area contributed by atoms with Crippen LogP contribution in [0.1, 0.15) is 91.4 Å². The van der Waals surface area contributed by atoms with E-state index in [-0.39, 0.29) is 0 Å². The highest BCUT2D eigenvalue weighted by molar-refractivity contribution is 5.04. The van der Waals surface area contributed by atoms with Crippen molar-refractivity contribution in [1.82, 2.24) is 0 Å². The second kappa shape index (κ2) is 6.46. The molecular formula is C21H38O. The third-order valence-electron chi connectivity index (χ3n) is 8.58. The van der Waals surface area contributed by atoms with Crippen LogP contribution in [0.2, 0.25) is 0 Å². The maximum atomic E-state index is 9.37. The molecule has 1 heteroatoms. The van der Waals surface area contributed by atoms with Crippen LogP contribution in [0.3, 0.4) is 0 Å². The van der Waals surface area contributed by atoms with Crippen molar-refractivity contribution in [1.29, 1.82) is 0 Å². The Labute approximate surface area is 138 Å². The summed E-state index contributed by atoms with van der Waals surface area (Å²) in [4.78, 5) is 0. The number of aliphatic hydroxyl groups excluding tert-OH is 1. The third-order valence-corrected chi connectivity index (χ3v) is 8.58. The van der Waals surface area contributed by atoms with Gasteiger partial charge in [0.1, 0.15) is 0 Å². The molecule has 0 aliphatic heterocycles. The van der Waals surface area contributed by atoms with Gasteiger partial charge in [-0.15, -0.1) is 0 Å². The van der Waals surface area contributed by atoms with E-state index < -0.39 is 0 Å². The minimum absolute atomic E-state index is 0.383. The highest BCUT2D eigenvalue weighted by Crippen LogP contribution is 2.64. The Morgan fingerprint density at radius 1 is 1.00 bits per heavy atom. The molecule has 22 heavy (non-hydrogen) atoms. The second-order valence-corrected chi connectivity index (χ2v) is 9.31. The molecule has 0 spiro atoms. The van der Waals surface area contributed by atoms with Crippen LogP contribution >= 0.6 is 0 Å². The third kappa shape index (κ3) is 2.66. The average Bonchev–Trinajstić information content (AvgIpc) is 2.53. The van der Waals surface area contributed by atoms with Gasteiger partial charge in [0.05, 0.1) is 0 Å². The van der Waals surface area contributed by atoms with Gasteiger partial charge in [-0.05, 0) is 85.9 Å². The minimum Gasteiger partial charge on any atom is -0.396 e. The van der Waals surface area contributed by atoms with Crippen molar-refractivity contribution >= 4 is 0 Å². The predicted molar refractivity (Wildman–Crippen MR) is 93.7 cm³/mol. The molecule has 0 aromatic rings. The Balaban J connectivity index is 1.84. The van der Waals surface area contributed by atoms with Gasteiger partial charge in [0.15, 0.2) is 0 Å². The monoisotopic (exact) mass is 306 g/mol. The number of fused-ring (bicyclic) bond motifs is 3. The fourth-order valence-electron chi connectivity index (χ4n) is 7.00. The Kier molecular flexibility index (Phi) is 4.93. The van der Waals surface area contributed by atoms with E-state index >= 15 is 0 Å². The predicted octanol–water partition coefficient (Wildman–Crippen LogP) is 5.81. The summed E-state index contributed by atoms with van der Waals surface area (Å²) in [6.45, 7) is 8.00. The quantitative estimate of drug-likeness (QED) is 0.695. The summed E-state index contributed by atoms with van der Waals surface area (Å²) >= 11 is 0. The van der Waals surface area contributed by atoms with E-state index in [1.165, 1.54) is 64.2 Å². The normalized spacial score (nSPS) is 48.5. The topological polar surface area (TPSA) is 20.2 Å². The first-order valence-electron chi connectivity index (χ1n) is 10.2. The van der Waals surface area contributed by atoms with Crippen LogP contribution in [0, 0.1) is 34.5 Å². The molecule has 128 valence electrons. The number of hydrogen-bond acceptors (Lipinski definition) is 1. The SMILES string of the molecule is CCC1(C)CCC2C(CCC3CCCCC32C)C1CCCO. The van der Waals surface area contributed by atoms with Gasteiger partial charge >= 0.3 is 0 Å². The van der Waals surface area contributed by atoms with Gasteiger partial charge in [-0.3, -0.25) is 0 Å². The van der Waals surface area contributed by atoms with Crippen molar-refractivity contribution in [2.45, 2.75) is 91.4 Å². The van der Waals surface area contributed by atoms with Gasteiger partial charge in [-0.2, -0.15) is 0 Å². The van der Waals surface area contributed by atoms with Gasteiger partial charge in [0.25, 0.3) is 0 Å². The molecule has 3 saturated carbocycles. The number of hydrogen-bond donors (Lipinski definition) is 1. The van der Waals surface area contributed by atoms with Gasteiger partial charge in [-0.25, -0.2) is 0 Å². The number of aliphatic hydroxyl groups is 1. The molecule has 0 aromatic heterocycles. The lowest BCUT2D eigenvalue weighted by Gasteiger charge is -2.61. The lowest BCUT2D eigenvalue weighted by molar-refractivity contribution is -0.115. The average molecular weight is 307 g/mol. The maximum Gasteiger partial charge on any atom is 0.0431 e. The van der Waals surface area contributed by atoms with Crippen LogP contribution in [0.4, 0.5) is 0 Å². The zero-order valence-electron chi connectivity index (χ0n) is 15.2. The van der Waals surface area contributed by atoms with E-state index in [2.05, 4.69) is 20.8 Å². The first-order chi connectivity index (χ1) is 10.5. The summed E-state index contributed by atoms with van der Waals surface area (Å²) in [7, 11) is 0. The van der Waals surface area contributed by atoms with Crippen molar-refractivity contribution in [3.63, 3.8) is 0 Å². The summed E-state index contributed by atoms with van der Waals surface area (Å²) in [6.07, 6.45) is 15.5. The number of rotatable bonds is 4. The summed E-state index contributed by atoms with van der Waals surface area (Å²) in [5, 5.41) is 9.37. The molecular weight excluding hydrogens is 268 g/mol. The largest absolute Gasteiger partial charge is 0.396 e. The van der Waals surface area contributed by atoms with Crippen LogP contribution in [0.15, 0.2) is 0 Å². The summed E-state index contributed by atoms with van der Waals surface area (Å²) in [6, 6.07) is 0. The Hall–Kier alpha value is -0.0400. The van der Waals surface area contributed by atoms with E-state index in [4.69, 9.17) is 0 Å². The van der Waals surface area contributed by atoms with E-state index in [0.29, 0.717) is 17.4 Å². The molecule has 3 rings (SSSR count). The van der Waals surface area contributed by atoms with Crippen LogP contribution in [-0.4, -0.2) is 11.7 Å². The van der Waals surface area contributed by atoms with Crippen molar-refractivity contribution < 1.29 is 5.11 Å². The van der Waals surface area contributed by atoms with E-state index in [1.807, 2.05) is 0 Å². The van der Waals surface area contributed by atoms with Gasteiger partial charge in [-0.1, -0.05) is 40.0 Å². The van der Waals surface area contributed by atoms with Crippen LogP contribution in [-0.2, 0) is 0 Å². The smallest absolute Gasteiger partial charge is 0.0431 e. The molecule has 3 fully saturated rings. The molecule has 0 aromatic carbocycles. The van der Waals surface area contributed by atoms with Gasteiger partial charge < -0.3 is 5.11 Å². The van der Waals surface area contributed by atoms with E-state index in [9.17, 15) is 5.11 Å². The lowest BCUT2D eigenvalue weighted by atomic mass is 9.44. The Morgan fingerprint density at radius 3 is 2.55 bits per heavy atom. The first-order valence-corrected chi connectivity index (χ1v) is 10.2. The van der Waals surface area contributed by atoms with Crippen molar-refractivity contribution in [3.05, 3.63) is 0 Å². The summed E-state index contributed by atoms with van der Waals surface area (Å²) in [5.74, 6) is 3.81. The van der Waals surface area contributed by atoms with Crippen LogP contribution in [0.5, 0.6) is 0 Å². The summed E-state index contributed by atoms with van der Waals surface area (Å²) in [5.41, 5.74) is 1.18. The van der Waals surface area contributed by atoms with E-state index in [1.54, 1.807) is 0 Å². The molecule has 6 unspecified atom stereocenters. The molecule has 1 N–H and O–H groups in total. The Bertz CT molecular complexity index is 376. The maximum absolute atomic E-state index is 9.37. The Morgan fingerprint density at radius 2 is 1.82 bits per heavy atom. The standard InChI is InChI=1S/C21H38O/c1-4-20(2)14-12-19-17(18(20)9-7-15-22)11-10-16-8-5-6-13-21(16,19)3/h16-19,22H,4-15H2,1-3H3. The lowest BCUT2D eigenvalue weighted by Crippen LogP contribution is -2.53. The molecule has 0 amide bonds. The zero-order chi connectivity index (χ0) is 15.8. The van der Waals surface area contributed by atoms with Crippen LogP contribution in [0.25, 0.3) is 0 Å². The molecule has 0 heterocycles. The molecule has 0 radical (unpaired) electrons. The molecule has 3 aliphatic rings. The molecule has 3 aliphatic carbocycles. The van der Waals surface area contributed by atoms with Gasteiger partial charge in [0, 0.05) is 6.61 Å². The van der Waals surface area contributed by atoms with Gasteiger partial charge in [0.2, 0.25) is 0 Å². The fraction of sp³-hybridized carbons (Fsp3) is 1.00. The summed E-state index contributed by atoms with van der Waals surface area (Å²) < 4.78 is 0. The fourth-order valence-corrected chi connectivity index (χ4v) is 7.00. The van der Waals surface area contributed by atoms with E-state index in [0.717, 1.165) is 30.1 Å². The minimum atomic E-state index is 0.383. The zero-order valence-corrected chi connectivity index (χ0v) is 15.2. The second-order valence-electron chi connectivity index (χ2n) is 9.31. The van der Waals surface area contributed by atoms with Crippen LogP contribution < -0.4 is 0 Å². The van der Waals surface area contributed by atoms with Crippen molar-refractivity contribution in [2.75, 3.05) is 6.61 Å². The van der Waals surface area contributed by atoms with Crippen molar-refractivity contribution in [2.24, 2.45) is 34.5 Å².